The van der Waals surface area contributed by atoms with E-state index in [1.165, 1.54) is 44.9 Å². The molecular weight excluding hydrogens is 624 g/mol. The molecule has 6 fully saturated rings. The van der Waals surface area contributed by atoms with Crippen LogP contribution in [0.2, 0.25) is 0 Å². The van der Waals surface area contributed by atoms with E-state index in [-0.39, 0.29) is 19.6 Å². The standard InChI is InChI=1S/C37H64N6O6/c1-38-12-4-8-34(38)31-11-17-40(25-36(46)47)22-30(31)23-43-14-5-7-33(43)29-18-27(19-41(21-29)26-37(48)49)20-42-13-3-2-6-32(42)28-9-15-39(16-10-28)24-35(44)45/h27-34H,2-26H2,1H3,(H,44,45)(H,46,47)(H,48,49). The number of nitrogens with zero attached hydrogens (tertiary/aromatic N) is 6. The van der Waals surface area contributed by atoms with Crippen LogP contribution in [0.4, 0.5) is 0 Å². The molecule has 0 saturated carbocycles. The van der Waals surface area contributed by atoms with Gasteiger partial charge in [-0.25, -0.2) is 0 Å². The Morgan fingerprint density at radius 1 is 0.551 bits per heavy atom. The summed E-state index contributed by atoms with van der Waals surface area (Å²) in [6, 6.07) is 1.58. The van der Waals surface area contributed by atoms with E-state index in [9.17, 15) is 29.7 Å². The molecule has 12 nitrogen and oxygen atoms in total. The van der Waals surface area contributed by atoms with Crippen molar-refractivity contribution in [3.8, 4) is 0 Å². The van der Waals surface area contributed by atoms with Gasteiger partial charge >= 0.3 is 17.9 Å². The van der Waals surface area contributed by atoms with Gasteiger partial charge in [-0.15, -0.1) is 0 Å². The fourth-order valence-electron chi connectivity index (χ4n) is 11.4. The van der Waals surface area contributed by atoms with Gasteiger partial charge in [0, 0.05) is 50.8 Å². The molecule has 7 unspecified atom stereocenters. The number of hydrogen-bond donors (Lipinski definition) is 3. The van der Waals surface area contributed by atoms with Crippen LogP contribution in [-0.2, 0) is 14.4 Å². The fraction of sp³-hybridized carbons (Fsp3) is 0.919. The predicted molar refractivity (Wildman–Crippen MR) is 188 cm³/mol. The van der Waals surface area contributed by atoms with Gasteiger partial charge in [0.1, 0.15) is 0 Å². The molecule has 49 heavy (non-hydrogen) atoms. The third-order valence-corrected chi connectivity index (χ3v) is 13.4. The van der Waals surface area contributed by atoms with E-state index >= 15 is 0 Å². The first-order valence-corrected chi connectivity index (χ1v) is 19.6. The van der Waals surface area contributed by atoms with Gasteiger partial charge in [-0.3, -0.25) is 38.9 Å². The molecule has 0 aromatic carbocycles. The molecule has 6 rings (SSSR count). The van der Waals surface area contributed by atoms with Crippen LogP contribution in [0, 0.1) is 29.6 Å². The fourth-order valence-corrected chi connectivity index (χ4v) is 11.4. The van der Waals surface area contributed by atoms with E-state index in [4.69, 9.17) is 0 Å². The number of carboxylic acids is 3. The van der Waals surface area contributed by atoms with E-state index in [0.717, 1.165) is 97.7 Å². The Morgan fingerprint density at radius 2 is 1.14 bits per heavy atom. The molecule has 3 N–H and O–H groups in total. The third-order valence-electron chi connectivity index (χ3n) is 13.4. The van der Waals surface area contributed by atoms with Gasteiger partial charge < -0.3 is 20.2 Å². The van der Waals surface area contributed by atoms with Crippen molar-refractivity contribution in [1.82, 2.24) is 29.4 Å². The van der Waals surface area contributed by atoms with Crippen molar-refractivity contribution in [3.63, 3.8) is 0 Å². The summed E-state index contributed by atoms with van der Waals surface area (Å²) in [5.74, 6) is 0.308. The second kappa shape index (κ2) is 17.1. The van der Waals surface area contributed by atoms with Crippen LogP contribution < -0.4 is 0 Å². The van der Waals surface area contributed by atoms with Crippen molar-refractivity contribution in [1.29, 1.82) is 0 Å². The van der Waals surface area contributed by atoms with E-state index in [1.54, 1.807) is 0 Å². The van der Waals surface area contributed by atoms with Crippen LogP contribution in [0.1, 0.15) is 70.6 Å². The maximum Gasteiger partial charge on any atom is 0.317 e. The Morgan fingerprint density at radius 3 is 1.86 bits per heavy atom. The van der Waals surface area contributed by atoms with Crippen LogP contribution >= 0.6 is 0 Å². The van der Waals surface area contributed by atoms with Crippen LogP contribution in [0.3, 0.4) is 0 Å². The minimum Gasteiger partial charge on any atom is -0.480 e. The molecule has 0 aromatic heterocycles. The van der Waals surface area contributed by atoms with E-state index in [1.807, 2.05) is 0 Å². The minimum atomic E-state index is -0.740. The maximum atomic E-state index is 12.0. The zero-order valence-electron chi connectivity index (χ0n) is 30.0. The molecule has 6 saturated heterocycles. The van der Waals surface area contributed by atoms with Gasteiger partial charge in [0.15, 0.2) is 0 Å². The van der Waals surface area contributed by atoms with Crippen LogP contribution in [-0.4, -0.2) is 179 Å². The molecule has 6 aliphatic rings. The van der Waals surface area contributed by atoms with Crippen molar-refractivity contribution in [2.45, 2.75) is 88.8 Å². The topological polar surface area (TPSA) is 131 Å². The quantitative estimate of drug-likeness (QED) is 0.262. The summed E-state index contributed by atoms with van der Waals surface area (Å²) in [4.78, 5) is 49.5. The number of carboxylic acid groups (broad SMARTS) is 3. The van der Waals surface area contributed by atoms with Gasteiger partial charge in [-0.1, -0.05) is 6.42 Å². The van der Waals surface area contributed by atoms with E-state index < -0.39 is 17.9 Å². The maximum absolute atomic E-state index is 12.0. The van der Waals surface area contributed by atoms with Gasteiger partial charge in [0.05, 0.1) is 19.6 Å². The molecular formula is C37H64N6O6. The molecule has 0 aliphatic carbocycles. The lowest BCUT2D eigenvalue weighted by atomic mass is 9.78. The number of hydrogen-bond acceptors (Lipinski definition) is 9. The highest BCUT2D eigenvalue weighted by atomic mass is 16.4. The van der Waals surface area contributed by atoms with Crippen LogP contribution in [0.25, 0.3) is 0 Å². The van der Waals surface area contributed by atoms with Crippen LogP contribution in [0.5, 0.6) is 0 Å². The zero-order valence-corrected chi connectivity index (χ0v) is 30.0. The highest BCUT2D eigenvalue weighted by molar-refractivity contribution is 5.69. The summed E-state index contributed by atoms with van der Waals surface area (Å²) in [6.45, 7) is 10.9. The van der Waals surface area contributed by atoms with Crippen molar-refractivity contribution in [2.24, 2.45) is 29.6 Å². The Bertz CT molecular complexity index is 1120. The molecule has 7 atom stereocenters. The van der Waals surface area contributed by atoms with Gasteiger partial charge in [-0.2, -0.15) is 0 Å². The molecule has 0 bridgehead atoms. The molecule has 278 valence electrons. The monoisotopic (exact) mass is 688 g/mol. The molecule has 0 spiro atoms. The smallest absolute Gasteiger partial charge is 0.317 e. The van der Waals surface area contributed by atoms with Crippen molar-refractivity contribution in [3.05, 3.63) is 0 Å². The minimum absolute atomic E-state index is 0.105. The second-order valence-electron chi connectivity index (χ2n) is 16.8. The van der Waals surface area contributed by atoms with Gasteiger partial charge in [0.25, 0.3) is 0 Å². The highest BCUT2D eigenvalue weighted by Gasteiger charge is 2.44. The Hall–Kier alpha value is -1.83. The molecule has 0 aromatic rings. The number of likely N-dealkylation sites (tertiary alicyclic amines) is 6. The lowest BCUT2D eigenvalue weighted by Gasteiger charge is -2.48. The second-order valence-corrected chi connectivity index (χ2v) is 16.8. The average molecular weight is 689 g/mol. The summed E-state index contributed by atoms with van der Waals surface area (Å²) < 4.78 is 0. The zero-order chi connectivity index (χ0) is 34.5. The van der Waals surface area contributed by atoms with Crippen molar-refractivity contribution in [2.75, 3.05) is 98.7 Å². The molecule has 0 amide bonds. The third kappa shape index (κ3) is 9.74. The first-order valence-electron chi connectivity index (χ1n) is 19.6. The SMILES string of the molecule is CN1CCCC1C1CCN(CC(=O)O)CC1CN1CCCC1C1CC(CN2CCCCC2C2CCN(CC(=O)O)CC2)CN(CC(=O)O)C1. The Balaban J connectivity index is 1.12. The summed E-state index contributed by atoms with van der Waals surface area (Å²) in [7, 11) is 2.27. The first kappa shape index (κ1) is 36.9. The Kier molecular flexibility index (Phi) is 12.9. The summed E-state index contributed by atoms with van der Waals surface area (Å²) >= 11 is 0. The number of carbonyl (C=O) groups is 3. The van der Waals surface area contributed by atoms with Crippen LogP contribution in [0.15, 0.2) is 0 Å². The molecule has 0 radical (unpaired) electrons. The first-order chi connectivity index (χ1) is 23.6. The predicted octanol–water partition coefficient (Wildman–Crippen LogP) is 2.24. The number of aliphatic carboxylic acids is 3. The highest BCUT2D eigenvalue weighted by Crippen LogP contribution is 2.39. The summed E-state index contributed by atoms with van der Waals surface area (Å²) in [5.41, 5.74) is 0. The molecule has 12 heteroatoms. The summed E-state index contributed by atoms with van der Waals surface area (Å²) in [6.07, 6.45) is 12.9. The molecule has 6 heterocycles. The van der Waals surface area contributed by atoms with Crippen molar-refractivity contribution >= 4 is 17.9 Å². The van der Waals surface area contributed by atoms with Gasteiger partial charge in [-0.05, 0) is 140 Å². The lowest BCUT2D eigenvalue weighted by molar-refractivity contribution is -0.140. The van der Waals surface area contributed by atoms with Gasteiger partial charge in [0.2, 0.25) is 0 Å². The largest absolute Gasteiger partial charge is 0.480 e. The van der Waals surface area contributed by atoms with E-state index in [0.29, 0.717) is 47.7 Å². The number of piperidine rings is 4. The lowest BCUT2D eigenvalue weighted by Crippen LogP contribution is -2.55. The summed E-state index contributed by atoms with van der Waals surface area (Å²) in [5, 5.41) is 28.7. The average Bonchev–Trinajstić information content (AvgIpc) is 3.70. The van der Waals surface area contributed by atoms with Crippen molar-refractivity contribution < 1.29 is 29.7 Å². The Labute approximate surface area is 293 Å². The van der Waals surface area contributed by atoms with E-state index in [2.05, 4.69) is 36.4 Å². The molecule has 6 aliphatic heterocycles. The normalized spacial score (nSPS) is 35.6. The number of rotatable bonds is 13.